The van der Waals surface area contributed by atoms with Crippen LogP contribution in [0.3, 0.4) is 0 Å². The van der Waals surface area contributed by atoms with E-state index in [-0.39, 0.29) is 0 Å². The molecule has 1 amide bonds. The molecule has 0 radical (unpaired) electrons. The molecule has 0 heterocycles. The van der Waals surface area contributed by atoms with Crippen molar-refractivity contribution in [3.63, 3.8) is 0 Å². The van der Waals surface area contributed by atoms with Crippen molar-refractivity contribution in [2.45, 2.75) is 19.9 Å². The zero-order chi connectivity index (χ0) is 8.85. The number of hydrogen-bond acceptors (Lipinski definition) is 2. The van der Waals surface area contributed by atoms with Crippen molar-refractivity contribution in [2.24, 2.45) is 0 Å². The minimum absolute atomic E-state index is 0.312. The maximum atomic E-state index is 10.5. The Morgan fingerprint density at radius 3 is 2.27 bits per heavy atom. The molecular formula is C8H18N2O. The first-order valence-corrected chi connectivity index (χ1v) is 3.97. The third kappa shape index (κ3) is 3.98. The number of rotatable bonds is 5. The minimum Gasteiger partial charge on any atom is -0.342 e. The molecule has 0 aliphatic carbocycles. The Morgan fingerprint density at radius 1 is 1.45 bits per heavy atom. The van der Waals surface area contributed by atoms with Gasteiger partial charge in [0.25, 0.3) is 0 Å². The van der Waals surface area contributed by atoms with Gasteiger partial charge in [0.1, 0.15) is 0 Å². The summed E-state index contributed by atoms with van der Waals surface area (Å²) in [5.74, 6) is 0. The van der Waals surface area contributed by atoms with Gasteiger partial charge in [-0.25, -0.2) is 0 Å². The van der Waals surface area contributed by atoms with Crippen LogP contribution in [0.25, 0.3) is 0 Å². The molecule has 0 spiro atoms. The second kappa shape index (κ2) is 5.13. The summed E-state index contributed by atoms with van der Waals surface area (Å²) < 4.78 is 0. The topological polar surface area (TPSA) is 23.6 Å². The second-order valence-electron chi connectivity index (χ2n) is 3.05. The van der Waals surface area contributed by atoms with E-state index in [2.05, 4.69) is 11.8 Å². The first kappa shape index (κ1) is 10.4. The molecule has 0 fully saturated rings. The van der Waals surface area contributed by atoms with Gasteiger partial charge in [0.15, 0.2) is 0 Å². The Kier molecular flexibility index (Phi) is 4.86. The van der Waals surface area contributed by atoms with Crippen LogP contribution in [-0.4, -0.2) is 49.4 Å². The van der Waals surface area contributed by atoms with E-state index in [0.717, 1.165) is 19.5 Å². The lowest BCUT2D eigenvalue weighted by atomic mass is 10.3. The van der Waals surface area contributed by atoms with Gasteiger partial charge in [0, 0.05) is 19.1 Å². The largest absolute Gasteiger partial charge is 0.342 e. The van der Waals surface area contributed by atoms with E-state index in [0.29, 0.717) is 6.04 Å². The highest BCUT2D eigenvalue weighted by Crippen LogP contribution is 1.95. The highest BCUT2D eigenvalue weighted by Gasteiger charge is 2.09. The first-order chi connectivity index (χ1) is 5.11. The fourth-order valence-corrected chi connectivity index (χ4v) is 1.12. The average Bonchev–Trinajstić information content (AvgIpc) is 1.88. The molecule has 3 nitrogen and oxygen atoms in total. The van der Waals surface area contributed by atoms with Gasteiger partial charge in [-0.1, -0.05) is 0 Å². The summed E-state index contributed by atoms with van der Waals surface area (Å²) in [5, 5.41) is 0. The van der Waals surface area contributed by atoms with Gasteiger partial charge in [-0.3, -0.25) is 4.79 Å². The van der Waals surface area contributed by atoms with Crippen LogP contribution in [0.15, 0.2) is 0 Å². The molecule has 0 N–H and O–H groups in total. The number of hydrogen-bond donors (Lipinski definition) is 0. The van der Waals surface area contributed by atoms with Crippen molar-refractivity contribution in [1.82, 2.24) is 9.80 Å². The molecule has 0 aliphatic rings. The van der Waals surface area contributed by atoms with Crippen LogP contribution < -0.4 is 0 Å². The molecule has 0 aromatic carbocycles. The zero-order valence-electron chi connectivity index (χ0n) is 7.87. The molecule has 0 saturated heterocycles. The van der Waals surface area contributed by atoms with E-state index in [9.17, 15) is 4.79 Å². The monoisotopic (exact) mass is 158 g/mol. The fourth-order valence-electron chi connectivity index (χ4n) is 1.12. The number of amides is 1. The number of carbonyl (C=O) groups excluding carboxylic acids is 1. The Bertz CT molecular complexity index is 115. The molecule has 0 aliphatic heterocycles. The smallest absolute Gasteiger partial charge is 0.209 e. The van der Waals surface area contributed by atoms with Crippen molar-refractivity contribution in [3.8, 4) is 0 Å². The van der Waals surface area contributed by atoms with Crippen LogP contribution >= 0.6 is 0 Å². The summed E-state index contributed by atoms with van der Waals surface area (Å²) >= 11 is 0. The van der Waals surface area contributed by atoms with Crippen molar-refractivity contribution >= 4 is 6.41 Å². The normalized spacial score (nSPS) is 13.2. The van der Waals surface area contributed by atoms with Gasteiger partial charge < -0.3 is 9.80 Å². The minimum atomic E-state index is 0.312. The molecular weight excluding hydrogens is 140 g/mol. The van der Waals surface area contributed by atoms with Crippen LogP contribution in [-0.2, 0) is 4.79 Å². The Balaban J connectivity index is 3.78. The molecule has 0 saturated carbocycles. The Labute approximate surface area is 69.0 Å². The lowest BCUT2D eigenvalue weighted by molar-refractivity contribution is -0.119. The summed E-state index contributed by atoms with van der Waals surface area (Å²) in [6, 6.07) is 0.312. The molecule has 1 atom stereocenters. The molecule has 1 unspecified atom stereocenters. The van der Waals surface area contributed by atoms with Crippen molar-refractivity contribution in [3.05, 3.63) is 0 Å². The van der Waals surface area contributed by atoms with Crippen LogP contribution in [0.1, 0.15) is 13.8 Å². The summed E-state index contributed by atoms with van der Waals surface area (Å²) in [7, 11) is 4.02. The van der Waals surface area contributed by atoms with Crippen LogP contribution in [0.4, 0.5) is 0 Å². The van der Waals surface area contributed by atoms with E-state index in [1.165, 1.54) is 0 Å². The van der Waals surface area contributed by atoms with Gasteiger partial charge >= 0.3 is 0 Å². The van der Waals surface area contributed by atoms with Crippen LogP contribution in [0.5, 0.6) is 0 Å². The van der Waals surface area contributed by atoms with Crippen molar-refractivity contribution in [1.29, 1.82) is 0 Å². The predicted molar refractivity (Wildman–Crippen MR) is 46.5 cm³/mol. The number of carbonyl (C=O) groups is 1. The number of likely N-dealkylation sites (N-methyl/N-ethyl adjacent to an activating group) is 2. The Hall–Kier alpha value is -0.570. The third-order valence-corrected chi connectivity index (χ3v) is 1.70. The first-order valence-electron chi connectivity index (χ1n) is 3.97. The van der Waals surface area contributed by atoms with E-state index in [4.69, 9.17) is 0 Å². The molecule has 0 rings (SSSR count). The second-order valence-corrected chi connectivity index (χ2v) is 3.05. The average molecular weight is 158 g/mol. The predicted octanol–water partition coefficient (Wildman–Crippen LogP) is 0.415. The molecule has 0 aromatic rings. The van der Waals surface area contributed by atoms with E-state index in [1.807, 2.05) is 21.0 Å². The van der Waals surface area contributed by atoms with Crippen LogP contribution in [0, 0.1) is 0 Å². The van der Waals surface area contributed by atoms with E-state index in [1.54, 1.807) is 4.90 Å². The standard InChI is InChI=1S/C8H18N2O/c1-5-10(7-11)8(2)6-9(3)4/h7-8H,5-6H2,1-4H3. The third-order valence-electron chi connectivity index (χ3n) is 1.70. The van der Waals surface area contributed by atoms with Gasteiger partial charge in [0.2, 0.25) is 6.41 Å². The quantitative estimate of drug-likeness (QED) is 0.541. The zero-order valence-corrected chi connectivity index (χ0v) is 7.87. The summed E-state index contributed by atoms with van der Waals surface area (Å²) in [4.78, 5) is 14.3. The van der Waals surface area contributed by atoms with Gasteiger partial charge in [0.05, 0.1) is 0 Å². The molecule has 3 heteroatoms. The highest BCUT2D eigenvalue weighted by atomic mass is 16.1. The van der Waals surface area contributed by atoms with Gasteiger partial charge in [-0.05, 0) is 27.9 Å². The molecule has 11 heavy (non-hydrogen) atoms. The number of nitrogens with zero attached hydrogens (tertiary/aromatic N) is 2. The lowest BCUT2D eigenvalue weighted by Crippen LogP contribution is -2.38. The summed E-state index contributed by atoms with van der Waals surface area (Å²) in [6.45, 7) is 5.75. The maximum absolute atomic E-state index is 10.5. The molecule has 0 aromatic heterocycles. The fraction of sp³-hybridized carbons (Fsp3) is 0.875. The Morgan fingerprint density at radius 2 is 2.00 bits per heavy atom. The van der Waals surface area contributed by atoms with Gasteiger partial charge in [-0.15, -0.1) is 0 Å². The molecule has 66 valence electrons. The molecule has 0 bridgehead atoms. The lowest BCUT2D eigenvalue weighted by Gasteiger charge is -2.26. The summed E-state index contributed by atoms with van der Waals surface area (Å²) in [6.07, 6.45) is 0.911. The van der Waals surface area contributed by atoms with Crippen LogP contribution in [0.2, 0.25) is 0 Å². The summed E-state index contributed by atoms with van der Waals surface area (Å²) in [5.41, 5.74) is 0. The van der Waals surface area contributed by atoms with E-state index >= 15 is 0 Å². The van der Waals surface area contributed by atoms with Gasteiger partial charge in [-0.2, -0.15) is 0 Å². The highest BCUT2D eigenvalue weighted by molar-refractivity contribution is 5.47. The van der Waals surface area contributed by atoms with E-state index < -0.39 is 0 Å². The SMILES string of the molecule is CCN(C=O)C(C)CN(C)C. The van der Waals surface area contributed by atoms with Crippen molar-refractivity contribution < 1.29 is 4.79 Å². The van der Waals surface area contributed by atoms with Crippen molar-refractivity contribution in [2.75, 3.05) is 27.2 Å². The maximum Gasteiger partial charge on any atom is 0.209 e.